The van der Waals surface area contributed by atoms with Crippen LogP contribution in [-0.4, -0.2) is 52.7 Å². The van der Waals surface area contributed by atoms with E-state index in [4.69, 9.17) is 4.74 Å². The van der Waals surface area contributed by atoms with E-state index in [9.17, 15) is 27.9 Å². The van der Waals surface area contributed by atoms with Crippen LogP contribution in [0.1, 0.15) is 42.1 Å². The molecule has 158 valence electrons. The molecule has 7 nitrogen and oxygen atoms in total. The Morgan fingerprint density at radius 3 is 2.76 bits per heavy atom. The Morgan fingerprint density at radius 1 is 1.45 bits per heavy atom. The van der Waals surface area contributed by atoms with Gasteiger partial charge in [0.15, 0.2) is 0 Å². The van der Waals surface area contributed by atoms with Gasteiger partial charge in [-0.3, -0.25) is 4.79 Å². The summed E-state index contributed by atoms with van der Waals surface area (Å²) in [4.78, 5) is 28.8. The summed E-state index contributed by atoms with van der Waals surface area (Å²) in [6, 6.07) is 0.566. The number of nitrogens with one attached hydrogen (secondary N) is 1. The van der Waals surface area contributed by atoms with E-state index >= 15 is 0 Å². The predicted molar refractivity (Wildman–Crippen MR) is 100 cm³/mol. The lowest BCUT2D eigenvalue weighted by atomic mass is 9.98. The van der Waals surface area contributed by atoms with Crippen molar-refractivity contribution in [3.63, 3.8) is 0 Å². The molecule has 11 heteroatoms. The predicted octanol–water partition coefficient (Wildman–Crippen LogP) is 3.97. The molecule has 1 aliphatic heterocycles. The quantitative estimate of drug-likeness (QED) is 0.764. The number of thiophene rings is 1. The lowest BCUT2D eigenvalue weighted by Gasteiger charge is -2.37. The van der Waals surface area contributed by atoms with Gasteiger partial charge in [0.05, 0.1) is 21.3 Å². The van der Waals surface area contributed by atoms with Crippen LogP contribution in [0.4, 0.5) is 18.0 Å². The minimum absolute atomic E-state index is 0.0515. The van der Waals surface area contributed by atoms with Gasteiger partial charge in [0.1, 0.15) is 6.10 Å². The lowest BCUT2D eigenvalue weighted by Crippen LogP contribution is -2.48. The van der Waals surface area contributed by atoms with Crippen molar-refractivity contribution >= 4 is 33.6 Å². The molecule has 3 heterocycles. The van der Waals surface area contributed by atoms with Gasteiger partial charge in [-0.2, -0.15) is 13.2 Å². The Kier molecular flexibility index (Phi) is 5.87. The molecule has 2 aromatic heterocycles. The minimum atomic E-state index is -4.64. The summed E-state index contributed by atoms with van der Waals surface area (Å²) in [6.07, 6.45) is -4.86. The fourth-order valence-electron chi connectivity index (χ4n) is 3.48. The topological polar surface area (TPSA) is 91.8 Å². The van der Waals surface area contributed by atoms with Crippen LogP contribution >= 0.6 is 11.3 Å². The Hall–Kier alpha value is -2.56. The zero-order valence-electron chi connectivity index (χ0n) is 15.7. The monoisotopic (exact) mass is 431 g/mol. The summed E-state index contributed by atoms with van der Waals surface area (Å²) in [6.45, 7) is 2.07. The summed E-state index contributed by atoms with van der Waals surface area (Å²) < 4.78 is 46.3. The number of carboxylic acid groups (broad SMARTS) is 1. The van der Waals surface area contributed by atoms with Crippen molar-refractivity contribution in [2.75, 3.05) is 13.6 Å². The molecule has 2 N–H and O–H groups in total. The third-order valence-electron chi connectivity index (χ3n) is 4.95. The summed E-state index contributed by atoms with van der Waals surface area (Å²) in [5, 5.41) is 13.0. The van der Waals surface area contributed by atoms with Gasteiger partial charge in [-0.05, 0) is 6.42 Å². The smallest absolute Gasteiger partial charge is 0.418 e. The third kappa shape index (κ3) is 4.24. The number of ether oxygens (including phenoxy) is 1. The van der Waals surface area contributed by atoms with Crippen LogP contribution in [0.25, 0.3) is 10.2 Å². The number of likely N-dealkylation sites (tertiary alicyclic amines) is 1. The van der Waals surface area contributed by atoms with E-state index in [1.54, 1.807) is 0 Å². The molecule has 0 spiro atoms. The average Bonchev–Trinajstić information content (AvgIpc) is 3.09. The molecule has 3 rings (SSSR count). The number of amides is 2. The molecule has 2 amide bonds. The Morgan fingerprint density at radius 2 is 2.17 bits per heavy atom. The minimum Gasteiger partial charge on any atom is -0.474 e. The Labute approximate surface area is 168 Å². The highest BCUT2D eigenvalue weighted by atomic mass is 32.1. The van der Waals surface area contributed by atoms with E-state index in [1.165, 1.54) is 17.3 Å². The second kappa shape index (κ2) is 8.05. The summed E-state index contributed by atoms with van der Waals surface area (Å²) in [7, 11) is 1.39. The molecule has 2 atom stereocenters. The summed E-state index contributed by atoms with van der Waals surface area (Å²) in [5.74, 6) is -0.758. The lowest BCUT2D eigenvalue weighted by molar-refractivity contribution is -0.136. The highest BCUT2D eigenvalue weighted by Crippen LogP contribution is 2.40. The number of pyridine rings is 1. The van der Waals surface area contributed by atoms with Crippen molar-refractivity contribution in [1.82, 2.24) is 15.2 Å². The second-order valence-corrected chi connectivity index (χ2v) is 7.59. The SMILES string of the molecule is CC[C@@H]1C[C@@H](Oc2cc(C(F)(F)F)c3scc(C(=O)NC)c3n2)CCN1C(=O)O. The van der Waals surface area contributed by atoms with Crippen molar-refractivity contribution in [1.29, 1.82) is 0 Å². The van der Waals surface area contributed by atoms with E-state index < -0.39 is 29.8 Å². The van der Waals surface area contributed by atoms with Crippen LogP contribution in [0.2, 0.25) is 0 Å². The van der Waals surface area contributed by atoms with Crippen molar-refractivity contribution in [2.45, 2.75) is 44.5 Å². The molecule has 0 radical (unpaired) electrons. The number of rotatable bonds is 4. The molecular weight excluding hydrogens is 411 g/mol. The van der Waals surface area contributed by atoms with Crippen LogP contribution in [-0.2, 0) is 6.18 Å². The van der Waals surface area contributed by atoms with Crippen LogP contribution < -0.4 is 10.1 Å². The molecular formula is C18H20F3N3O4S. The van der Waals surface area contributed by atoms with E-state index in [-0.39, 0.29) is 34.2 Å². The number of carbonyl (C=O) groups excluding carboxylic acids is 1. The Balaban J connectivity index is 1.95. The number of carbonyl (C=O) groups is 2. The average molecular weight is 431 g/mol. The molecule has 29 heavy (non-hydrogen) atoms. The largest absolute Gasteiger partial charge is 0.474 e. The normalized spacial score (nSPS) is 20.0. The molecule has 0 aliphatic carbocycles. The van der Waals surface area contributed by atoms with Crippen LogP contribution in [0.15, 0.2) is 11.4 Å². The van der Waals surface area contributed by atoms with Crippen molar-refractivity contribution < 1.29 is 32.6 Å². The second-order valence-electron chi connectivity index (χ2n) is 6.71. The van der Waals surface area contributed by atoms with Gasteiger partial charge >= 0.3 is 12.3 Å². The maximum absolute atomic E-state index is 13.6. The maximum atomic E-state index is 13.6. The standard InChI is InChI=1S/C18H20F3N3O4S/c1-3-9-6-10(4-5-24(9)17(26)27)28-13-7-12(18(19,20)21)15-14(23-13)11(8-29-15)16(25)22-2/h7-10H,3-6H2,1-2H3,(H,22,25)(H,26,27)/t9-,10+/m1/s1. The van der Waals surface area contributed by atoms with Crippen molar-refractivity contribution in [2.24, 2.45) is 0 Å². The van der Waals surface area contributed by atoms with Gasteiger partial charge in [0.2, 0.25) is 5.88 Å². The molecule has 0 bridgehead atoms. The van der Waals surface area contributed by atoms with E-state index in [0.717, 1.165) is 17.4 Å². The first kappa shape index (κ1) is 21.2. The number of hydrogen-bond donors (Lipinski definition) is 2. The number of nitrogens with zero attached hydrogens (tertiary/aromatic N) is 2. The highest BCUT2D eigenvalue weighted by molar-refractivity contribution is 7.17. The number of hydrogen-bond acceptors (Lipinski definition) is 5. The maximum Gasteiger partial charge on any atom is 0.418 e. The zero-order chi connectivity index (χ0) is 21.3. The van der Waals surface area contributed by atoms with E-state index in [2.05, 4.69) is 10.3 Å². The van der Waals surface area contributed by atoms with Crippen LogP contribution in [0.3, 0.4) is 0 Å². The molecule has 2 aromatic rings. The van der Waals surface area contributed by atoms with Crippen LogP contribution in [0, 0.1) is 0 Å². The first-order valence-corrected chi connectivity index (χ1v) is 9.91. The van der Waals surface area contributed by atoms with Crippen molar-refractivity contribution in [3.05, 3.63) is 22.6 Å². The number of piperidine rings is 1. The molecule has 0 unspecified atom stereocenters. The first-order valence-electron chi connectivity index (χ1n) is 9.03. The summed E-state index contributed by atoms with van der Waals surface area (Å²) >= 11 is 0.803. The molecule has 0 saturated carbocycles. The number of alkyl halides is 3. The fourth-order valence-corrected chi connectivity index (χ4v) is 4.51. The number of aromatic nitrogens is 1. The van der Waals surface area contributed by atoms with Gasteiger partial charge in [0.25, 0.3) is 5.91 Å². The molecule has 1 saturated heterocycles. The molecule has 0 aromatic carbocycles. The summed E-state index contributed by atoms with van der Waals surface area (Å²) in [5.41, 5.74) is -0.919. The fraction of sp³-hybridized carbons (Fsp3) is 0.500. The van der Waals surface area contributed by atoms with Gasteiger partial charge in [-0.25, -0.2) is 9.78 Å². The third-order valence-corrected chi connectivity index (χ3v) is 5.95. The molecule has 1 aliphatic rings. The molecule has 1 fully saturated rings. The van der Waals surface area contributed by atoms with E-state index in [0.29, 0.717) is 19.3 Å². The number of fused-ring (bicyclic) bond motifs is 1. The van der Waals surface area contributed by atoms with Crippen molar-refractivity contribution in [3.8, 4) is 5.88 Å². The Bertz CT molecular complexity index is 931. The highest BCUT2D eigenvalue weighted by Gasteiger charge is 2.36. The van der Waals surface area contributed by atoms with Gasteiger partial charge in [-0.1, -0.05) is 6.92 Å². The van der Waals surface area contributed by atoms with Gasteiger partial charge < -0.3 is 20.1 Å². The first-order chi connectivity index (χ1) is 13.7. The van der Waals surface area contributed by atoms with Gasteiger partial charge in [0, 0.05) is 43.9 Å². The van der Waals surface area contributed by atoms with E-state index in [1.807, 2.05) is 6.92 Å². The van der Waals surface area contributed by atoms with Gasteiger partial charge in [-0.15, -0.1) is 11.3 Å². The number of halogens is 3. The zero-order valence-corrected chi connectivity index (χ0v) is 16.6. The van der Waals surface area contributed by atoms with Crippen LogP contribution in [0.5, 0.6) is 5.88 Å².